The number of aliphatic hydroxyl groups excluding tert-OH is 1. The molecule has 2 unspecified atom stereocenters. The van der Waals surface area contributed by atoms with E-state index < -0.39 is 0 Å². The van der Waals surface area contributed by atoms with Gasteiger partial charge in [0.1, 0.15) is 5.65 Å². The molecule has 3 atom stereocenters. The molecule has 3 N–H and O–H groups in total. The maximum absolute atomic E-state index is 13.6. The van der Waals surface area contributed by atoms with Crippen molar-refractivity contribution in [1.82, 2.24) is 25.1 Å². The van der Waals surface area contributed by atoms with Gasteiger partial charge in [-0.2, -0.15) is 0 Å². The number of aromatic nitrogens is 2. The Balaban J connectivity index is 1.22. The van der Waals surface area contributed by atoms with Gasteiger partial charge in [0.25, 0.3) is 0 Å². The van der Waals surface area contributed by atoms with Crippen LogP contribution in [0.25, 0.3) is 22.2 Å². The number of amides is 2. The fourth-order valence-electron chi connectivity index (χ4n) is 6.95. The highest BCUT2D eigenvalue weighted by molar-refractivity contribution is 5.84. The van der Waals surface area contributed by atoms with Crippen LogP contribution in [-0.2, 0) is 17.7 Å². The Bertz CT molecular complexity index is 1330. The molecule has 7 rings (SSSR count). The van der Waals surface area contributed by atoms with Crippen molar-refractivity contribution in [2.75, 3.05) is 39.4 Å². The predicted molar refractivity (Wildman–Crippen MR) is 141 cm³/mol. The van der Waals surface area contributed by atoms with E-state index in [1.807, 2.05) is 22.2 Å². The minimum absolute atomic E-state index is 0.101. The van der Waals surface area contributed by atoms with Crippen molar-refractivity contribution in [3.05, 3.63) is 52.8 Å². The van der Waals surface area contributed by atoms with E-state index >= 15 is 0 Å². The number of benzene rings is 1. The first kappa shape index (κ1) is 23.2. The molecule has 0 spiro atoms. The van der Waals surface area contributed by atoms with Gasteiger partial charge in [0.15, 0.2) is 0 Å². The van der Waals surface area contributed by atoms with Gasteiger partial charge in [-0.15, -0.1) is 0 Å². The number of hydrogen-bond acceptors (Lipinski definition) is 5. The van der Waals surface area contributed by atoms with Crippen LogP contribution in [0.15, 0.2) is 30.6 Å². The maximum Gasteiger partial charge on any atom is 0.320 e. The lowest BCUT2D eigenvalue weighted by atomic mass is 9.87. The average Bonchev–Trinajstić information content (AvgIpc) is 3.38. The van der Waals surface area contributed by atoms with Gasteiger partial charge in [-0.3, -0.25) is 0 Å². The number of carbonyl (C=O) groups excluding carboxylic acids is 1. The number of ether oxygens (including phenoxy) is 1. The van der Waals surface area contributed by atoms with Crippen LogP contribution >= 0.6 is 0 Å². The summed E-state index contributed by atoms with van der Waals surface area (Å²) in [5.41, 5.74) is 8.16. The number of aromatic amines is 1. The Morgan fingerprint density at radius 1 is 1.14 bits per heavy atom. The van der Waals surface area contributed by atoms with E-state index in [2.05, 4.69) is 40.4 Å². The van der Waals surface area contributed by atoms with Crippen LogP contribution in [0, 0.1) is 18.8 Å². The molecule has 2 saturated heterocycles. The predicted octanol–water partition coefficient (Wildman–Crippen LogP) is 3.38. The quantitative estimate of drug-likeness (QED) is 0.501. The second-order valence-corrected chi connectivity index (χ2v) is 11.3. The average molecular weight is 502 g/mol. The number of fused-ring (bicyclic) bond motifs is 4. The largest absolute Gasteiger partial charge is 0.392 e. The Labute approximate surface area is 217 Å². The van der Waals surface area contributed by atoms with Crippen molar-refractivity contribution in [2.24, 2.45) is 11.8 Å². The molecule has 1 aromatic carbocycles. The Hall–Kier alpha value is -2.94. The number of morpholine rings is 1. The van der Waals surface area contributed by atoms with Crippen molar-refractivity contribution < 1.29 is 14.6 Å². The van der Waals surface area contributed by atoms with Gasteiger partial charge in [-0.1, -0.05) is 6.07 Å². The zero-order valence-electron chi connectivity index (χ0n) is 21.4. The third-order valence-electron chi connectivity index (χ3n) is 9.07. The minimum Gasteiger partial charge on any atom is -0.392 e. The van der Waals surface area contributed by atoms with E-state index in [4.69, 9.17) is 4.74 Å². The van der Waals surface area contributed by atoms with E-state index in [9.17, 15) is 9.90 Å². The summed E-state index contributed by atoms with van der Waals surface area (Å²) in [5.74, 6) is 0.465. The number of aliphatic hydroxyl groups is 1. The number of nitrogens with zero attached hydrogens (tertiary/aromatic N) is 3. The summed E-state index contributed by atoms with van der Waals surface area (Å²) in [6, 6.07) is 7.02. The lowest BCUT2D eigenvalue weighted by Crippen LogP contribution is -2.53. The number of carbonyl (C=O) groups is 1. The number of nitrogens with one attached hydrogen (secondary N) is 2. The van der Waals surface area contributed by atoms with Crippen LogP contribution in [-0.4, -0.2) is 76.4 Å². The lowest BCUT2D eigenvalue weighted by molar-refractivity contribution is 0.0228. The Morgan fingerprint density at radius 2 is 1.97 bits per heavy atom. The molecule has 37 heavy (non-hydrogen) atoms. The first-order valence-electron chi connectivity index (χ1n) is 13.7. The third kappa shape index (κ3) is 4.02. The molecule has 8 heteroatoms. The smallest absolute Gasteiger partial charge is 0.320 e. The van der Waals surface area contributed by atoms with E-state index in [-0.39, 0.29) is 30.0 Å². The highest BCUT2D eigenvalue weighted by Gasteiger charge is 2.43. The first-order valence-corrected chi connectivity index (χ1v) is 13.7. The van der Waals surface area contributed by atoms with Gasteiger partial charge >= 0.3 is 6.03 Å². The molecule has 4 aliphatic rings. The number of urea groups is 1. The van der Waals surface area contributed by atoms with E-state index in [1.54, 1.807) is 0 Å². The number of rotatable bonds is 2. The number of likely N-dealkylation sites (tertiary alicyclic amines) is 1. The zero-order chi connectivity index (χ0) is 25.1. The van der Waals surface area contributed by atoms with Gasteiger partial charge in [-0.05, 0) is 66.1 Å². The van der Waals surface area contributed by atoms with Crippen molar-refractivity contribution >= 4 is 17.1 Å². The fraction of sp³-hybridized carbons (Fsp3) is 0.517. The SMILES string of the molecule is Cc1c[nH]c2ncc(-c3cc4c(c([C@@H]5COCCN5)c3)CN(C(=O)N3CC5CCC(C3)C5O)CC4)cc12. The number of pyridine rings is 1. The van der Waals surface area contributed by atoms with Crippen LogP contribution in [0.5, 0.6) is 0 Å². The topological polar surface area (TPSA) is 93.7 Å². The zero-order valence-corrected chi connectivity index (χ0v) is 21.4. The molecule has 8 nitrogen and oxygen atoms in total. The molecule has 3 fully saturated rings. The second-order valence-electron chi connectivity index (χ2n) is 11.3. The Morgan fingerprint density at radius 3 is 2.76 bits per heavy atom. The summed E-state index contributed by atoms with van der Waals surface area (Å²) in [4.78, 5) is 25.5. The van der Waals surface area contributed by atoms with Gasteiger partial charge in [0, 0.05) is 67.9 Å². The van der Waals surface area contributed by atoms with Crippen LogP contribution in [0.1, 0.15) is 41.1 Å². The summed E-state index contributed by atoms with van der Waals surface area (Å²) in [5, 5.41) is 15.2. The number of hydrogen-bond donors (Lipinski definition) is 3. The maximum atomic E-state index is 13.6. The van der Waals surface area contributed by atoms with E-state index in [0.29, 0.717) is 32.8 Å². The molecule has 0 radical (unpaired) electrons. The molecular weight excluding hydrogens is 466 g/mol. The van der Waals surface area contributed by atoms with Crippen LogP contribution < -0.4 is 5.32 Å². The highest BCUT2D eigenvalue weighted by atomic mass is 16.5. The van der Waals surface area contributed by atoms with E-state index in [0.717, 1.165) is 54.6 Å². The molecule has 2 amide bonds. The second kappa shape index (κ2) is 9.11. The normalized spacial score (nSPS) is 27.5. The van der Waals surface area contributed by atoms with E-state index in [1.165, 1.54) is 22.3 Å². The molecule has 3 aliphatic heterocycles. The third-order valence-corrected chi connectivity index (χ3v) is 9.07. The standard InChI is InChI=1S/C29H35N5O3/c1-17-11-31-28-23(17)10-22(12-32-28)21-8-18-4-6-33(15-25(18)24(9-21)26-16-37-7-5-30-26)29(36)34-13-19-2-3-20(14-34)27(19)35/h8-12,19-20,26-27,30,35H,2-7,13-16H2,1H3,(H,31,32)/t19?,20?,26-,27?/m0/s1. The lowest BCUT2D eigenvalue weighted by Gasteiger charge is -2.40. The molecule has 194 valence electrons. The number of aryl methyl sites for hydroxylation is 1. The van der Waals surface area contributed by atoms with Crippen LogP contribution in [0.2, 0.25) is 0 Å². The first-order chi connectivity index (χ1) is 18.0. The molecule has 2 aromatic heterocycles. The number of piperidine rings is 1. The summed E-state index contributed by atoms with van der Waals surface area (Å²) in [6.07, 6.45) is 6.61. The minimum atomic E-state index is -0.239. The molecule has 3 aromatic rings. The van der Waals surface area contributed by atoms with Gasteiger partial charge in [-0.25, -0.2) is 9.78 Å². The summed E-state index contributed by atoms with van der Waals surface area (Å²) < 4.78 is 5.85. The molecule has 1 aliphatic carbocycles. The van der Waals surface area contributed by atoms with Crippen molar-refractivity contribution in [1.29, 1.82) is 0 Å². The Kier molecular flexibility index (Phi) is 5.71. The van der Waals surface area contributed by atoms with Gasteiger partial charge < -0.3 is 29.9 Å². The van der Waals surface area contributed by atoms with Gasteiger partial charge in [0.2, 0.25) is 0 Å². The van der Waals surface area contributed by atoms with Crippen molar-refractivity contribution in [2.45, 2.75) is 44.9 Å². The van der Waals surface area contributed by atoms with Crippen LogP contribution in [0.3, 0.4) is 0 Å². The number of H-pyrrole nitrogens is 1. The molecule has 1 saturated carbocycles. The summed E-state index contributed by atoms with van der Waals surface area (Å²) in [7, 11) is 0. The van der Waals surface area contributed by atoms with Crippen LogP contribution in [0.4, 0.5) is 4.79 Å². The molecule has 2 bridgehead atoms. The fourth-order valence-corrected chi connectivity index (χ4v) is 6.95. The highest BCUT2D eigenvalue weighted by Crippen LogP contribution is 2.38. The monoisotopic (exact) mass is 501 g/mol. The molecule has 5 heterocycles. The van der Waals surface area contributed by atoms with Crippen molar-refractivity contribution in [3.63, 3.8) is 0 Å². The molecular formula is C29H35N5O3. The summed E-state index contributed by atoms with van der Waals surface area (Å²) >= 11 is 0. The van der Waals surface area contributed by atoms with Crippen molar-refractivity contribution in [3.8, 4) is 11.1 Å². The summed E-state index contributed by atoms with van der Waals surface area (Å²) in [6.45, 7) is 6.96. The van der Waals surface area contributed by atoms with Gasteiger partial charge in [0.05, 0.1) is 25.4 Å².